The minimum atomic E-state index is -0.180. The smallest absolute Gasteiger partial charge is 0.247 e. The Hall–Kier alpha value is -4.42. The fraction of sp³-hybridized carbons (Fsp3) is 0.156. The van der Waals surface area contributed by atoms with Crippen LogP contribution in [0.2, 0.25) is 5.02 Å². The Morgan fingerprint density at radius 2 is 1.64 bits per heavy atom. The number of hydrazone groups is 1. The molecule has 1 aliphatic heterocycles. The van der Waals surface area contributed by atoms with Crippen molar-refractivity contribution in [2.75, 3.05) is 19.2 Å². The zero-order chi connectivity index (χ0) is 26.9. The highest BCUT2D eigenvalue weighted by Crippen LogP contribution is 2.41. The second kappa shape index (κ2) is 10.4. The van der Waals surface area contributed by atoms with E-state index in [0.717, 1.165) is 50.5 Å². The predicted molar refractivity (Wildman–Crippen MR) is 157 cm³/mol. The number of hydrogen-bond acceptors (Lipinski definition) is 6. The predicted octanol–water partition coefficient (Wildman–Crippen LogP) is 7.63. The summed E-state index contributed by atoms with van der Waals surface area (Å²) >= 11 is 6.20. The molecule has 0 saturated carbocycles. The van der Waals surface area contributed by atoms with Gasteiger partial charge in [-0.2, -0.15) is 5.10 Å². The van der Waals surface area contributed by atoms with E-state index < -0.39 is 0 Å². The topological polar surface area (TPSA) is 59.8 Å². The van der Waals surface area contributed by atoms with E-state index in [1.54, 1.807) is 14.2 Å². The van der Waals surface area contributed by atoms with Gasteiger partial charge in [0.15, 0.2) is 0 Å². The first-order valence-electron chi connectivity index (χ1n) is 12.7. The third-order valence-corrected chi connectivity index (χ3v) is 7.23. The van der Waals surface area contributed by atoms with Crippen LogP contribution in [-0.4, -0.2) is 29.9 Å². The first-order valence-corrected chi connectivity index (χ1v) is 13.1. The number of nitrogens with zero attached hydrogens (tertiary/aromatic N) is 4. The molecule has 0 spiro atoms. The third kappa shape index (κ3) is 4.79. The van der Waals surface area contributed by atoms with Crippen molar-refractivity contribution >= 4 is 34.2 Å². The summed E-state index contributed by atoms with van der Waals surface area (Å²) in [5.41, 5.74) is 6.83. The SMILES string of the molecule is COc1ccc(C2CC(c3cccc(C)c3)=NN2c2nc(-c3ccc(Cl)cc3)c3ccccc3n2)c(OC)c1. The van der Waals surface area contributed by atoms with Crippen molar-refractivity contribution in [2.24, 2.45) is 5.10 Å². The molecule has 194 valence electrons. The number of para-hydroxylation sites is 1. The number of benzene rings is 4. The number of aryl methyl sites for hydroxylation is 1. The maximum absolute atomic E-state index is 6.20. The molecule has 39 heavy (non-hydrogen) atoms. The van der Waals surface area contributed by atoms with Gasteiger partial charge in [-0.25, -0.2) is 15.0 Å². The van der Waals surface area contributed by atoms with Crippen molar-refractivity contribution in [3.8, 4) is 22.8 Å². The molecule has 0 bridgehead atoms. The van der Waals surface area contributed by atoms with Crippen LogP contribution in [0.4, 0.5) is 5.95 Å². The van der Waals surface area contributed by atoms with Gasteiger partial charge in [0.1, 0.15) is 11.5 Å². The number of fused-ring (bicyclic) bond motifs is 1. The molecule has 0 N–H and O–H groups in total. The summed E-state index contributed by atoms with van der Waals surface area (Å²) in [5, 5.41) is 8.68. The molecule has 1 aliphatic rings. The van der Waals surface area contributed by atoms with Crippen LogP contribution in [0, 0.1) is 6.92 Å². The van der Waals surface area contributed by atoms with E-state index in [1.165, 1.54) is 5.56 Å². The largest absolute Gasteiger partial charge is 0.497 e. The van der Waals surface area contributed by atoms with E-state index in [9.17, 15) is 0 Å². The highest BCUT2D eigenvalue weighted by Gasteiger charge is 2.34. The number of rotatable bonds is 6. The second-order valence-corrected chi connectivity index (χ2v) is 9.92. The van der Waals surface area contributed by atoms with Crippen molar-refractivity contribution in [3.63, 3.8) is 0 Å². The van der Waals surface area contributed by atoms with Crippen LogP contribution in [0.25, 0.3) is 22.2 Å². The van der Waals surface area contributed by atoms with Crippen molar-refractivity contribution in [2.45, 2.75) is 19.4 Å². The van der Waals surface area contributed by atoms with Gasteiger partial charge in [-0.1, -0.05) is 71.8 Å². The zero-order valence-corrected chi connectivity index (χ0v) is 22.7. The maximum atomic E-state index is 6.20. The van der Waals surface area contributed by atoms with Gasteiger partial charge in [0.2, 0.25) is 5.95 Å². The van der Waals surface area contributed by atoms with Gasteiger partial charge in [-0.3, -0.25) is 0 Å². The molecule has 0 fully saturated rings. The first kappa shape index (κ1) is 24.9. The van der Waals surface area contributed by atoms with Gasteiger partial charge in [0.05, 0.1) is 37.2 Å². The van der Waals surface area contributed by atoms with Crippen molar-refractivity contribution in [1.82, 2.24) is 9.97 Å². The lowest BCUT2D eigenvalue weighted by molar-refractivity contribution is 0.388. The average Bonchev–Trinajstić information content (AvgIpc) is 3.42. The minimum Gasteiger partial charge on any atom is -0.497 e. The number of anilines is 1. The Labute approximate surface area is 232 Å². The van der Waals surface area contributed by atoms with Crippen LogP contribution in [-0.2, 0) is 0 Å². The van der Waals surface area contributed by atoms with Gasteiger partial charge in [-0.15, -0.1) is 0 Å². The molecular formula is C32H27ClN4O2. The van der Waals surface area contributed by atoms with E-state index in [2.05, 4.69) is 31.2 Å². The minimum absolute atomic E-state index is 0.180. The number of hydrogen-bond donors (Lipinski definition) is 0. The Kier molecular flexibility index (Phi) is 6.63. The highest BCUT2D eigenvalue weighted by molar-refractivity contribution is 6.30. The van der Waals surface area contributed by atoms with E-state index in [1.807, 2.05) is 71.7 Å². The van der Waals surface area contributed by atoms with Crippen LogP contribution >= 0.6 is 11.6 Å². The molecule has 6 nitrogen and oxygen atoms in total. The summed E-state index contributed by atoms with van der Waals surface area (Å²) in [6.45, 7) is 2.09. The van der Waals surface area contributed by atoms with E-state index in [4.69, 9.17) is 36.1 Å². The summed E-state index contributed by atoms with van der Waals surface area (Å²) in [6, 6.07) is 29.9. The lowest BCUT2D eigenvalue weighted by Crippen LogP contribution is -2.21. The summed E-state index contributed by atoms with van der Waals surface area (Å²) in [6.07, 6.45) is 0.665. The molecule has 1 unspecified atom stereocenters. The van der Waals surface area contributed by atoms with Gasteiger partial charge in [-0.05, 0) is 42.8 Å². The number of ether oxygens (including phenoxy) is 2. The lowest BCUT2D eigenvalue weighted by atomic mass is 9.97. The van der Waals surface area contributed by atoms with Crippen molar-refractivity contribution < 1.29 is 9.47 Å². The average molecular weight is 535 g/mol. The monoisotopic (exact) mass is 534 g/mol. The fourth-order valence-corrected chi connectivity index (χ4v) is 5.15. The van der Waals surface area contributed by atoms with Crippen LogP contribution in [0.15, 0.2) is 96.1 Å². The normalized spacial score (nSPS) is 14.9. The molecule has 7 heteroatoms. The number of methoxy groups -OCH3 is 2. The molecule has 0 amide bonds. The Morgan fingerprint density at radius 3 is 2.41 bits per heavy atom. The standard InChI is InChI=1S/C32H27ClN4O2/c1-20-7-6-8-22(17-20)28-19-29(26-16-15-24(38-2)18-30(26)39-3)37(36-28)32-34-27-10-5-4-9-25(27)31(35-32)21-11-13-23(33)14-12-21/h4-18,29H,19H2,1-3H3. The molecule has 0 saturated heterocycles. The first-order chi connectivity index (χ1) is 19.0. The molecule has 0 radical (unpaired) electrons. The van der Waals surface area contributed by atoms with E-state index in [0.29, 0.717) is 17.4 Å². The molecule has 2 heterocycles. The van der Waals surface area contributed by atoms with Crippen LogP contribution in [0.1, 0.15) is 29.2 Å². The summed E-state index contributed by atoms with van der Waals surface area (Å²) < 4.78 is 11.3. The van der Waals surface area contributed by atoms with Gasteiger partial charge >= 0.3 is 0 Å². The zero-order valence-electron chi connectivity index (χ0n) is 21.9. The Bertz CT molecular complexity index is 1700. The summed E-state index contributed by atoms with van der Waals surface area (Å²) in [7, 11) is 3.32. The van der Waals surface area contributed by atoms with Crippen LogP contribution < -0.4 is 14.5 Å². The van der Waals surface area contributed by atoms with Crippen LogP contribution in [0.3, 0.4) is 0 Å². The quantitative estimate of drug-likeness (QED) is 0.224. The highest BCUT2D eigenvalue weighted by atomic mass is 35.5. The summed E-state index contributed by atoms with van der Waals surface area (Å²) in [5.74, 6) is 1.97. The fourth-order valence-electron chi connectivity index (χ4n) is 5.02. The van der Waals surface area contributed by atoms with Crippen molar-refractivity contribution in [3.05, 3.63) is 113 Å². The molecule has 0 aliphatic carbocycles. The number of halogens is 1. The van der Waals surface area contributed by atoms with E-state index in [-0.39, 0.29) is 6.04 Å². The van der Waals surface area contributed by atoms with E-state index >= 15 is 0 Å². The lowest BCUT2D eigenvalue weighted by Gasteiger charge is -2.24. The third-order valence-electron chi connectivity index (χ3n) is 6.98. The molecular weight excluding hydrogens is 508 g/mol. The number of aromatic nitrogens is 2. The molecule has 1 aromatic heterocycles. The second-order valence-electron chi connectivity index (χ2n) is 9.48. The van der Waals surface area contributed by atoms with Gasteiger partial charge in [0.25, 0.3) is 0 Å². The summed E-state index contributed by atoms with van der Waals surface area (Å²) in [4.78, 5) is 10.1. The maximum Gasteiger partial charge on any atom is 0.247 e. The van der Waals surface area contributed by atoms with Gasteiger partial charge < -0.3 is 9.47 Å². The molecule has 6 rings (SSSR count). The Balaban J connectivity index is 1.54. The molecule has 4 aromatic carbocycles. The van der Waals surface area contributed by atoms with Gasteiger partial charge in [0, 0.05) is 34.0 Å². The Morgan fingerprint density at radius 1 is 0.821 bits per heavy atom. The molecule has 1 atom stereocenters. The molecule has 5 aromatic rings. The van der Waals surface area contributed by atoms with Crippen molar-refractivity contribution in [1.29, 1.82) is 0 Å². The van der Waals surface area contributed by atoms with Crippen LogP contribution in [0.5, 0.6) is 11.5 Å².